The molecule has 0 spiro atoms. The van der Waals surface area contributed by atoms with E-state index in [2.05, 4.69) is 10.3 Å². The number of nitrogens with zero attached hydrogens (tertiary/aromatic N) is 2. The Labute approximate surface area is 163 Å². The molecule has 5 nitrogen and oxygen atoms in total. The average molecular weight is 407 g/mol. The molecule has 0 saturated heterocycles. The lowest BCUT2D eigenvalue weighted by Gasteiger charge is -2.17. The van der Waals surface area contributed by atoms with Crippen LogP contribution < -0.4 is 10.9 Å². The molecule has 2 N–H and O–H groups in total. The van der Waals surface area contributed by atoms with Gasteiger partial charge in [0.2, 0.25) is 11.8 Å². The third-order valence-corrected chi connectivity index (χ3v) is 4.45. The number of hydrogen-bond donors (Lipinski definition) is 2. The van der Waals surface area contributed by atoms with Gasteiger partial charge in [0.25, 0.3) is 0 Å². The first kappa shape index (κ1) is 20.5. The predicted molar refractivity (Wildman–Crippen MR) is 99.0 cm³/mol. The van der Waals surface area contributed by atoms with Crippen LogP contribution in [0.3, 0.4) is 0 Å². The van der Waals surface area contributed by atoms with Crippen molar-refractivity contribution in [3.05, 3.63) is 86.3 Å². The summed E-state index contributed by atoms with van der Waals surface area (Å²) in [6.45, 7) is 3.12. The van der Waals surface area contributed by atoms with Crippen molar-refractivity contribution < 1.29 is 22.7 Å². The van der Waals surface area contributed by atoms with Crippen molar-refractivity contribution in [3.63, 3.8) is 0 Å². The normalized spacial score (nSPS) is 11.0. The molecule has 0 aliphatic rings. The van der Waals surface area contributed by atoms with Gasteiger partial charge in [-0.3, -0.25) is 4.79 Å². The van der Waals surface area contributed by atoms with Crippen molar-refractivity contribution in [2.75, 3.05) is 5.32 Å². The Kier molecular flexibility index (Phi) is 5.69. The van der Waals surface area contributed by atoms with Crippen LogP contribution in [0.5, 0.6) is 0 Å². The van der Waals surface area contributed by atoms with Crippen LogP contribution in [0.4, 0.5) is 29.2 Å². The molecule has 152 valence electrons. The molecule has 3 rings (SSSR count). The SMILES string of the molecule is Cc1cc(C)c(Nc2nc(=O)c(F)cn2Cc2cc(F)c(F)c(F)c2)cc1CO. The second kappa shape index (κ2) is 8.04. The number of aromatic nitrogens is 2. The van der Waals surface area contributed by atoms with E-state index in [1.807, 2.05) is 13.0 Å². The van der Waals surface area contributed by atoms with E-state index >= 15 is 0 Å². The number of anilines is 2. The van der Waals surface area contributed by atoms with Crippen molar-refractivity contribution in [2.45, 2.75) is 27.0 Å². The first-order chi connectivity index (χ1) is 13.7. The summed E-state index contributed by atoms with van der Waals surface area (Å²) in [7, 11) is 0. The minimum absolute atomic E-state index is 0.00553. The van der Waals surface area contributed by atoms with Gasteiger partial charge in [0.1, 0.15) is 0 Å². The van der Waals surface area contributed by atoms with Gasteiger partial charge >= 0.3 is 5.56 Å². The summed E-state index contributed by atoms with van der Waals surface area (Å²) >= 11 is 0. The first-order valence-corrected chi connectivity index (χ1v) is 8.58. The average Bonchev–Trinajstić information content (AvgIpc) is 2.65. The van der Waals surface area contributed by atoms with Crippen molar-refractivity contribution in [1.82, 2.24) is 9.55 Å². The molecular formula is C20H17F4N3O2. The lowest BCUT2D eigenvalue weighted by Crippen LogP contribution is -2.20. The van der Waals surface area contributed by atoms with Gasteiger partial charge in [0.15, 0.2) is 17.5 Å². The Balaban J connectivity index is 2.04. The Morgan fingerprint density at radius 3 is 2.28 bits per heavy atom. The van der Waals surface area contributed by atoms with Crippen LogP contribution >= 0.6 is 0 Å². The number of nitrogens with one attached hydrogen (secondary N) is 1. The van der Waals surface area contributed by atoms with E-state index in [1.54, 1.807) is 13.0 Å². The lowest BCUT2D eigenvalue weighted by atomic mass is 10.0. The molecule has 0 aliphatic carbocycles. The van der Waals surface area contributed by atoms with E-state index < -0.39 is 28.8 Å². The maximum atomic E-state index is 13.8. The van der Waals surface area contributed by atoms with Crippen LogP contribution in [-0.2, 0) is 13.2 Å². The third kappa shape index (κ3) is 4.29. The standard InChI is InChI=1S/C20H17F4N3O2/c1-10-3-11(2)17(6-13(10)9-28)25-20-26-19(29)16(23)8-27(20)7-12-4-14(21)18(24)15(22)5-12/h3-6,8,28H,7,9H2,1-2H3,(H,25,26,29). The van der Waals surface area contributed by atoms with Crippen LogP contribution in [0.15, 0.2) is 35.3 Å². The van der Waals surface area contributed by atoms with Crippen LogP contribution in [0.1, 0.15) is 22.3 Å². The fourth-order valence-corrected chi connectivity index (χ4v) is 2.91. The summed E-state index contributed by atoms with van der Waals surface area (Å²) in [6.07, 6.45) is 0.841. The van der Waals surface area contributed by atoms with E-state index in [1.165, 1.54) is 0 Å². The first-order valence-electron chi connectivity index (χ1n) is 8.58. The summed E-state index contributed by atoms with van der Waals surface area (Å²) in [5, 5.41) is 12.3. The molecule has 0 radical (unpaired) electrons. The van der Waals surface area contributed by atoms with Gasteiger partial charge in [0, 0.05) is 11.9 Å². The summed E-state index contributed by atoms with van der Waals surface area (Å²) in [5.74, 6) is -5.62. The maximum absolute atomic E-state index is 13.8. The summed E-state index contributed by atoms with van der Waals surface area (Å²) in [6, 6.07) is 5.02. The number of hydrogen-bond acceptors (Lipinski definition) is 4. The van der Waals surface area contributed by atoms with Crippen molar-refractivity contribution in [1.29, 1.82) is 0 Å². The number of aliphatic hydroxyl groups excluding tert-OH is 1. The summed E-state index contributed by atoms with van der Waals surface area (Å²) < 4.78 is 55.1. The van der Waals surface area contributed by atoms with Gasteiger partial charge in [-0.05, 0) is 54.3 Å². The summed E-state index contributed by atoms with van der Waals surface area (Å²) in [5.41, 5.74) is 1.65. The van der Waals surface area contributed by atoms with E-state index in [0.29, 0.717) is 11.3 Å². The number of benzene rings is 2. The zero-order valence-corrected chi connectivity index (χ0v) is 15.6. The molecular weight excluding hydrogens is 390 g/mol. The quantitative estimate of drug-likeness (QED) is 0.500. The number of halogens is 4. The molecule has 0 saturated carbocycles. The van der Waals surface area contributed by atoms with Crippen LogP contribution in [-0.4, -0.2) is 14.7 Å². The van der Waals surface area contributed by atoms with Crippen LogP contribution in [0.2, 0.25) is 0 Å². The molecule has 0 atom stereocenters. The van der Waals surface area contributed by atoms with Crippen LogP contribution in [0.25, 0.3) is 0 Å². The fraction of sp³-hybridized carbons (Fsp3) is 0.200. The largest absolute Gasteiger partial charge is 0.392 e. The highest BCUT2D eigenvalue weighted by Gasteiger charge is 2.15. The molecule has 2 aromatic carbocycles. The molecule has 9 heteroatoms. The minimum Gasteiger partial charge on any atom is -0.392 e. The van der Waals surface area contributed by atoms with E-state index in [0.717, 1.165) is 34.0 Å². The second-order valence-corrected chi connectivity index (χ2v) is 6.60. The Morgan fingerprint density at radius 2 is 1.66 bits per heavy atom. The smallest absolute Gasteiger partial charge is 0.310 e. The van der Waals surface area contributed by atoms with Crippen molar-refractivity contribution >= 4 is 11.6 Å². The van der Waals surface area contributed by atoms with Gasteiger partial charge in [-0.15, -0.1) is 0 Å². The molecule has 0 fully saturated rings. The number of aryl methyl sites for hydroxylation is 2. The zero-order chi connectivity index (χ0) is 21.3. The molecule has 0 aliphatic heterocycles. The van der Waals surface area contributed by atoms with E-state index in [9.17, 15) is 27.5 Å². The molecule has 0 amide bonds. The zero-order valence-electron chi connectivity index (χ0n) is 15.6. The summed E-state index contributed by atoms with van der Waals surface area (Å²) in [4.78, 5) is 15.3. The van der Waals surface area contributed by atoms with Gasteiger partial charge in [-0.2, -0.15) is 9.37 Å². The van der Waals surface area contributed by atoms with Gasteiger partial charge in [-0.1, -0.05) is 6.07 Å². The van der Waals surface area contributed by atoms with E-state index in [4.69, 9.17) is 0 Å². The van der Waals surface area contributed by atoms with Gasteiger partial charge in [0.05, 0.1) is 13.2 Å². The van der Waals surface area contributed by atoms with Crippen molar-refractivity contribution in [2.24, 2.45) is 0 Å². The monoisotopic (exact) mass is 407 g/mol. The highest BCUT2D eigenvalue weighted by molar-refractivity contribution is 5.61. The third-order valence-electron chi connectivity index (χ3n) is 4.45. The highest BCUT2D eigenvalue weighted by Crippen LogP contribution is 2.24. The molecule has 3 aromatic rings. The Morgan fingerprint density at radius 1 is 1.00 bits per heavy atom. The second-order valence-electron chi connectivity index (χ2n) is 6.60. The fourth-order valence-electron chi connectivity index (χ4n) is 2.91. The number of aliphatic hydroxyl groups is 1. The Bertz CT molecular complexity index is 1120. The molecule has 0 bridgehead atoms. The van der Waals surface area contributed by atoms with Crippen LogP contribution in [0, 0.1) is 37.1 Å². The molecule has 29 heavy (non-hydrogen) atoms. The topological polar surface area (TPSA) is 67.2 Å². The molecule has 1 heterocycles. The van der Waals surface area contributed by atoms with Gasteiger partial charge in [-0.25, -0.2) is 13.2 Å². The maximum Gasteiger partial charge on any atom is 0.310 e. The lowest BCUT2D eigenvalue weighted by molar-refractivity contribution is 0.281. The van der Waals surface area contributed by atoms with Gasteiger partial charge < -0.3 is 15.0 Å². The molecule has 1 aromatic heterocycles. The van der Waals surface area contributed by atoms with Crippen molar-refractivity contribution in [3.8, 4) is 0 Å². The highest BCUT2D eigenvalue weighted by atomic mass is 19.2. The molecule has 0 unspecified atom stereocenters. The number of rotatable bonds is 5. The predicted octanol–water partition coefficient (Wildman–Crippen LogP) is 3.70. The minimum atomic E-state index is -1.61. The Hall–Kier alpha value is -3.20. The van der Waals surface area contributed by atoms with E-state index in [-0.39, 0.29) is 24.7 Å².